The summed E-state index contributed by atoms with van der Waals surface area (Å²) in [5.41, 5.74) is 2.36. The monoisotopic (exact) mass is 397 g/mol. The molecule has 29 heavy (non-hydrogen) atoms. The maximum Gasteiger partial charge on any atom is 0.416 e. The molecule has 3 aromatic rings. The van der Waals surface area contributed by atoms with Crippen LogP contribution >= 0.6 is 0 Å². The maximum absolute atomic E-state index is 12.7. The maximum atomic E-state index is 12.7. The summed E-state index contributed by atoms with van der Waals surface area (Å²) in [6, 6.07) is 15.3. The van der Waals surface area contributed by atoms with E-state index in [2.05, 4.69) is 27.0 Å². The van der Waals surface area contributed by atoms with Crippen LogP contribution in [-0.4, -0.2) is 23.1 Å². The van der Waals surface area contributed by atoms with E-state index >= 15 is 0 Å². The van der Waals surface area contributed by atoms with Gasteiger partial charge in [-0.25, -0.2) is 9.97 Å². The summed E-state index contributed by atoms with van der Waals surface area (Å²) >= 11 is 0. The first-order valence-corrected chi connectivity index (χ1v) is 9.77. The van der Waals surface area contributed by atoms with E-state index in [-0.39, 0.29) is 0 Å². The normalized spacial score (nSPS) is 15.5. The van der Waals surface area contributed by atoms with Crippen LogP contribution in [0.5, 0.6) is 0 Å². The Morgan fingerprint density at radius 3 is 1.93 bits per heavy atom. The molecule has 0 amide bonds. The molecule has 0 radical (unpaired) electrons. The lowest BCUT2D eigenvalue weighted by Crippen LogP contribution is -2.35. The van der Waals surface area contributed by atoms with Crippen LogP contribution in [-0.2, 0) is 12.6 Å². The molecule has 0 unspecified atom stereocenters. The summed E-state index contributed by atoms with van der Waals surface area (Å²) < 4.78 is 38.1. The van der Waals surface area contributed by atoms with Crippen molar-refractivity contribution >= 4 is 5.95 Å². The van der Waals surface area contributed by atoms with Crippen LogP contribution in [0.15, 0.2) is 67.0 Å². The second kappa shape index (κ2) is 8.23. The van der Waals surface area contributed by atoms with E-state index in [0.717, 1.165) is 61.6 Å². The molecule has 0 saturated carbocycles. The molecule has 4 rings (SSSR count). The predicted octanol–water partition coefficient (Wildman–Crippen LogP) is 5.62. The smallest absolute Gasteiger partial charge is 0.341 e. The summed E-state index contributed by atoms with van der Waals surface area (Å²) in [7, 11) is 0. The van der Waals surface area contributed by atoms with Crippen LogP contribution in [0.4, 0.5) is 19.1 Å². The van der Waals surface area contributed by atoms with Crippen molar-refractivity contribution in [3.63, 3.8) is 0 Å². The molecular weight excluding hydrogens is 375 g/mol. The summed E-state index contributed by atoms with van der Waals surface area (Å²) in [6.45, 7) is 1.91. The fourth-order valence-corrected chi connectivity index (χ4v) is 3.81. The van der Waals surface area contributed by atoms with Gasteiger partial charge in [-0.1, -0.05) is 36.4 Å². The van der Waals surface area contributed by atoms with Crippen molar-refractivity contribution < 1.29 is 13.2 Å². The van der Waals surface area contributed by atoms with Crippen molar-refractivity contribution in [2.24, 2.45) is 5.92 Å². The van der Waals surface area contributed by atoms with E-state index in [9.17, 15) is 13.2 Å². The number of aromatic nitrogens is 2. The third-order valence-corrected chi connectivity index (χ3v) is 5.47. The van der Waals surface area contributed by atoms with Gasteiger partial charge in [0, 0.05) is 25.5 Å². The molecule has 0 atom stereocenters. The molecule has 2 aromatic carbocycles. The first kappa shape index (κ1) is 19.4. The standard InChI is InChI=1S/C23H22F3N3/c24-23(25,26)21-8-6-20(7-9-21)19-4-2-17(3-5-19)16-18-10-14-29(15-11-18)22-27-12-1-13-28-22/h1-9,12-13,18H,10-11,14-16H2. The fourth-order valence-electron chi connectivity index (χ4n) is 3.81. The van der Waals surface area contributed by atoms with Crippen LogP contribution in [0.2, 0.25) is 0 Å². The molecule has 2 heterocycles. The first-order chi connectivity index (χ1) is 14.0. The molecule has 6 heteroatoms. The Kier molecular flexibility index (Phi) is 5.51. The summed E-state index contributed by atoms with van der Waals surface area (Å²) in [5.74, 6) is 1.42. The number of anilines is 1. The average Bonchev–Trinajstić information content (AvgIpc) is 2.75. The molecule has 0 aliphatic carbocycles. The Bertz CT molecular complexity index is 914. The molecule has 1 aliphatic rings. The summed E-state index contributed by atoms with van der Waals surface area (Å²) in [6.07, 6.45) is 2.44. The lowest BCUT2D eigenvalue weighted by atomic mass is 9.89. The van der Waals surface area contributed by atoms with E-state index in [1.165, 1.54) is 17.7 Å². The Balaban J connectivity index is 1.34. The molecule has 3 nitrogen and oxygen atoms in total. The SMILES string of the molecule is FC(F)(F)c1ccc(-c2ccc(CC3CCN(c4ncccn4)CC3)cc2)cc1. The van der Waals surface area contributed by atoms with Crippen molar-refractivity contribution in [2.45, 2.75) is 25.4 Å². The van der Waals surface area contributed by atoms with Gasteiger partial charge >= 0.3 is 6.18 Å². The number of piperidine rings is 1. The highest BCUT2D eigenvalue weighted by Crippen LogP contribution is 2.31. The third kappa shape index (κ3) is 4.75. The molecule has 1 saturated heterocycles. The minimum absolute atomic E-state index is 0.617. The van der Waals surface area contributed by atoms with Gasteiger partial charge in [-0.3, -0.25) is 0 Å². The number of benzene rings is 2. The van der Waals surface area contributed by atoms with Crippen molar-refractivity contribution in [3.05, 3.63) is 78.1 Å². The lowest BCUT2D eigenvalue weighted by Gasteiger charge is -2.32. The first-order valence-electron chi connectivity index (χ1n) is 9.77. The zero-order valence-electron chi connectivity index (χ0n) is 15.9. The van der Waals surface area contributed by atoms with Gasteiger partial charge in [0.15, 0.2) is 0 Å². The van der Waals surface area contributed by atoms with Crippen molar-refractivity contribution in [1.29, 1.82) is 0 Å². The predicted molar refractivity (Wildman–Crippen MR) is 108 cm³/mol. The molecule has 1 aromatic heterocycles. The number of alkyl halides is 3. The highest BCUT2D eigenvalue weighted by atomic mass is 19.4. The van der Waals surface area contributed by atoms with Crippen LogP contribution < -0.4 is 4.90 Å². The zero-order chi connectivity index (χ0) is 20.3. The minimum atomic E-state index is -4.30. The molecule has 150 valence electrons. The summed E-state index contributed by atoms with van der Waals surface area (Å²) in [4.78, 5) is 10.9. The van der Waals surface area contributed by atoms with Gasteiger partial charge in [0.1, 0.15) is 0 Å². The van der Waals surface area contributed by atoms with Gasteiger partial charge in [-0.2, -0.15) is 13.2 Å². The lowest BCUT2D eigenvalue weighted by molar-refractivity contribution is -0.137. The second-order valence-corrected chi connectivity index (χ2v) is 7.46. The minimum Gasteiger partial charge on any atom is -0.341 e. The van der Waals surface area contributed by atoms with E-state index in [4.69, 9.17) is 0 Å². The molecule has 0 spiro atoms. The summed E-state index contributed by atoms with van der Waals surface area (Å²) in [5, 5.41) is 0. The second-order valence-electron chi connectivity index (χ2n) is 7.46. The van der Waals surface area contributed by atoms with Gasteiger partial charge in [-0.05, 0) is 60.1 Å². The van der Waals surface area contributed by atoms with Crippen molar-refractivity contribution in [3.8, 4) is 11.1 Å². The number of halogens is 3. The quantitative estimate of drug-likeness (QED) is 0.572. The topological polar surface area (TPSA) is 29.0 Å². The van der Waals surface area contributed by atoms with Gasteiger partial charge < -0.3 is 4.90 Å². The molecule has 0 N–H and O–H groups in total. The Morgan fingerprint density at radius 1 is 0.828 bits per heavy atom. The Morgan fingerprint density at radius 2 is 1.38 bits per heavy atom. The zero-order valence-corrected chi connectivity index (χ0v) is 15.9. The molecule has 1 fully saturated rings. The Hall–Kier alpha value is -2.89. The van der Waals surface area contributed by atoms with Gasteiger partial charge in [0.25, 0.3) is 0 Å². The van der Waals surface area contributed by atoms with Crippen LogP contribution in [0.3, 0.4) is 0 Å². The highest BCUT2D eigenvalue weighted by Gasteiger charge is 2.30. The van der Waals surface area contributed by atoms with Gasteiger partial charge in [0.2, 0.25) is 5.95 Å². The molecule has 1 aliphatic heterocycles. The van der Waals surface area contributed by atoms with Crippen LogP contribution in [0.25, 0.3) is 11.1 Å². The van der Waals surface area contributed by atoms with E-state index < -0.39 is 11.7 Å². The van der Waals surface area contributed by atoms with E-state index in [0.29, 0.717) is 5.92 Å². The van der Waals surface area contributed by atoms with Gasteiger partial charge in [0.05, 0.1) is 5.56 Å². The fraction of sp³-hybridized carbons (Fsp3) is 0.304. The largest absolute Gasteiger partial charge is 0.416 e. The number of rotatable bonds is 4. The molecule has 0 bridgehead atoms. The van der Waals surface area contributed by atoms with Crippen molar-refractivity contribution in [1.82, 2.24) is 9.97 Å². The third-order valence-electron chi connectivity index (χ3n) is 5.47. The van der Waals surface area contributed by atoms with E-state index in [1.807, 2.05) is 18.2 Å². The molecular formula is C23H22F3N3. The van der Waals surface area contributed by atoms with E-state index in [1.54, 1.807) is 12.4 Å². The van der Waals surface area contributed by atoms with Crippen LogP contribution in [0, 0.1) is 5.92 Å². The Labute approximate surface area is 168 Å². The van der Waals surface area contributed by atoms with Crippen LogP contribution in [0.1, 0.15) is 24.0 Å². The highest BCUT2D eigenvalue weighted by molar-refractivity contribution is 5.64. The number of hydrogen-bond donors (Lipinski definition) is 0. The average molecular weight is 397 g/mol. The van der Waals surface area contributed by atoms with Crippen molar-refractivity contribution in [2.75, 3.05) is 18.0 Å². The van der Waals surface area contributed by atoms with Gasteiger partial charge in [-0.15, -0.1) is 0 Å². The number of nitrogens with zero attached hydrogens (tertiary/aromatic N) is 3. The number of hydrogen-bond acceptors (Lipinski definition) is 3.